The van der Waals surface area contributed by atoms with Crippen molar-refractivity contribution in [2.45, 2.75) is 6.42 Å². The van der Waals surface area contributed by atoms with Crippen LogP contribution in [0.3, 0.4) is 0 Å². The first-order valence-corrected chi connectivity index (χ1v) is 8.35. The number of aromatic amines is 1. The van der Waals surface area contributed by atoms with Crippen LogP contribution in [0.1, 0.15) is 16.3 Å². The lowest BCUT2D eigenvalue weighted by Gasteiger charge is -2.02. The molecule has 0 aliphatic rings. The van der Waals surface area contributed by atoms with Gasteiger partial charge in [0.1, 0.15) is 5.82 Å². The Kier molecular flexibility index (Phi) is 3.80. The highest BCUT2D eigenvalue weighted by Gasteiger charge is 2.12. The second-order valence-electron chi connectivity index (χ2n) is 5.20. The van der Waals surface area contributed by atoms with Crippen molar-refractivity contribution >= 4 is 22.9 Å². The van der Waals surface area contributed by atoms with Crippen LogP contribution in [0.5, 0.6) is 0 Å². The van der Waals surface area contributed by atoms with Crippen molar-refractivity contribution in [3.8, 4) is 10.6 Å². The van der Waals surface area contributed by atoms with Crippen molar-refractivity contribution in [2.75, 3.05) is 6.54 Å². The smallest absolute Gasteiger partial charge is 0.271 e. The number of H-pyrrole nitrogens is 1. The number of nitrogens with one attached hydrogen (secondary N) is 2. The van der Waals surface area contributed by atoms with E-state index in [0.717, 1.165) is 22.0 Å². The summed E-state index contributed by atoms with van der Waals surface area (Å²) in [6.07, 6.45) is 2.51. The van der Waals surface area contributed by atoms with Gasteiger partial charge in [0, 0.05) is 19.2 Å². The van der Waals surface area contributed by atoms with Crippen LogP contribution in [-0.2, 0) is 6.42 Å². The van der Waals surface area contributed by atoms with E-state index >= 15 is 0 Å². The van der Waals surface area contributed by atoms with Gasteiger partial charge in [-0.3, -0.25) is 14.3 Å². The van der Waals surface area contributed by atoms with E-state index < -0.39 is 0 Å². The Morgan fingerprint density at radius 1 is 1.25 bits per heavy atom. The van der Waals surface area contributed by atoms with Crippen LogP contribution in [0, 0.1) is 0 Å². The fraction of sp³-hybridized carbons (Fsp3) is 0.125. The number of hydrogen-bond donors (Lipinski definition) is 2. The van der Waals surface area contributed by atoms with Crippen molar-refractivity contribution in [3.05, 3.63) is 59.5 Å². The lowest BCUT2D eigenvalue weighted by atomic mass is 10.3. The van der Waals surface area contributed by atoms with E-state index in [-0.39, 0.29) is 5.91 Å². The van der Waals surface area contributed by atoms with Crippen molar-refractivity contribution in [1.29, 1.82) is 0 Å². The predicted octanol–water partition coefficient (Wildman–Crippen LogP) is 2.15. The molecule has 8 heteroatoms. The van der Waals surface area contributed by atoms with Crippen LogP contribution in [-0.4, -0.2) is 37.2 Å². The van der Waals surface area contributed by atoms with Crippen LogP contribution in [0.25, 0.3) is 16.2 Å². The Labute approximate surface area is 141 Å². The van der Waals surface area contributed by atoms with Gasteiger partial charge in [0.15, 0.2) is 11.3 Å². The summed E-state index contributed by atoms with van der Waals surface area (Å²) in [7, 11) is 0. The van der Waals surface area contributed by atoms with Crippen molar-refractivity contribution in [1.82, 2.24) is 30.1 Å². The van der Waals surface area contributed by atoms with Gasteiger partial charge in [0.25, 0.3) is 5.91 Å². The highest BCUT2D eigenvalue weighted by Crippen LogP contribution is 2.22. The zero-order valence-corrected chi connectivity index (χ0v) is 13.5. The minimum absolute atomic E-state index is 0.206. The molecule has 0 aromatic carbocycles. The Hall–Kier alpha value is -3.00. The summed E-state index contributed by atoms with van der Waals surface area (Å²) in [4.78, 5) is 13.2. The Morgan fingerprint density at radius 3 is 3.08 bits per heavy atom. The average molecular weight is 338 g/mol. The number of fused-ring (bicyclic) bond motifs is 1. The summed E-state index contributed by atoms with van der Waals surface area (Å²) in [6, 6.07) is 11.4. The summed E-state index contributed by atoms with van der Waals surface area (Å²) >= 11 is 1.60. The molecule has 0 bridgehead atoms. The average Bonchev–Trinajstić information content (AvgIpc) is 3.35. The molecule has 4 aromatic heterocycles. The largest absolute Gasteiger partial charge is 0.350 e. The summed E-state index contributed by atoms with van der Waals surface area (Å²) in [6.45, 7) is 0.468. The number of carbonyl (C=O) groups excluding carboxylic acids is 1. The molecule has 4 heterocycles. The maximum absolute atomic E-state index is 12.2. The molecule has 120 valence electrons. The fourth-order valence-electron chi connectivity index (χ4n) is 2.44. The van der Waals surface area contributed by atoms with E-state index in [9.17, 15) is 4.79 Å². The third-order valence-corrected chi connectivity index (χ3v) is 4.52. The molecule has 0 aliphatic heterocycles. The Balaban J connectivity index is 1.38. The van der Waals surface area contributed by atoms with Gasteiger partial charge in [-0.05, 0) is 29.6 Å². The van der Waals surface area contributed by atoms with Gasteiger partial charge >= 0.3 is 0 Å². The van der Waals surface area contributed by atoms with Gasteiger partial charge in [0.05, 0.1) is 10.6 Å². The number of nitrogens with zero attached hydrogens (tertiary/aromatic N) is 4. The zero-order chi connectivity index (χ0) is 16.4. The highest BCUT2D eigenvalue weighted by atomic mass is 32.1. The molecular formula is C16H14N6OS. The van der Waals surface area contributed by atoms with Gasteiger partial charge in [0.2, 0.25) is 0 Å². The number of rotatable bonds is 5. The van der Waals surface area contributed by atoms with Gasteiger partial charge in [-0.25, -0.2) is 0 Å². The van der Waals surface area contributed by atoms with E-state index in [0.29, 0.717) is 18.7 Å². The summed E-state index contributed by atoms with van der Waals surface area (Å²) in [5.41, 5.74) is 2.02. The lowest BCUT2D eigenvalue weighted by Crippen LogP contribution is -2.26. The molecule has 0 spiro atoms. The maximum Gasteiger partial charge on any atom is 0.271 e. The lowest BCUT2D eigenvalue weighted by molar-refractivity contribution is 0.0949. The number of thiophene rings is 1. The minimum atomic E-state index is -0.206. The first kappa shape index (κ1) is 14.6. The van der Waals surface area contributed by atoms with Crippen LogP contribution in [0.2, 0.25) is 0 Å². The Morgan fingerprint density at radius 2 is 2.21 bits per heavy atom. The van der Waals surface area contributed by atoms with E-state index in [1.165, 1.54) is 0 Å². The number of aromatic nitrogens is 5. The molecule has 4 aromatic rings. The molecule has 1 amide bonds. The van der Waals surface area contributed by atoms with Crippen LogP contribution < -0.4 is 5.32 Å². The van der Waals surface area contributed by atoms with Gasteiger partial charge in [-0.1, -0.05) is 12.1 Å². The second-order valence-corrected chi connectivity index (χ2v) is 6.14. The summed E-state index contributed by atoms with van der Waals surface area (Å²) in [5.74, 6) is 0.607. The number of pyridine rings is 1. The summed E-state index contributed by atoms with van der Waals surface area (Å²) < 4.78 is 1.91. The van der Waals surface area contributed by atoms with E-state index in [1.807, 2.05) is 46.3 Å². The van der Waals surface area contributed by atoms with Crippen LogP contribution in [0.4, 0.5) is 0 Å². The third-order valence-electron chi connectivity index (χ3n) is 3.62. The highest BCUT2D eigenvalue weighted by molar-refractivity contribution is 7.13. The molecule has 2 N–H and O–H groups in total. The van der Waals surface area contributed by atoms with E-state index in [2.05, 4.69) is 25.7 Å². The van der Waals surface area contributed by atoms with Crippen LogP contribution >= 0.6 is 11.3 Å². The minimum Gasteiger partial charge on any atom is -0.350 e. The first-order valence-electron chi connectivity index (χ1n) is 7.47. The van der Waals surface area contributed by atoms with Gasteiger partial charge in [-0.2, -0.15) is 5.10 Å². The molecule has 0 fully saturated rings. The quantitative estimate of drug-likeness (QED) is 0.584. The van der Waals surface area contributed by atoms with Gasteiger partial charge in [-0.15, -0.1) is 21.5 Å². The monoisotopic (exact) mass is 338 g/mol. The molecule has 4 rings (SSSR count). The molecule has 24 heavy (non-hydrogen) atoms. The second kappa shape index (κ2) is 6.25. The Bertz CT molecular complexity index is 971. The zero-order valence-electron chi connectivity index (χ0n) is 12.6. The fourth-order valence-corrected chi connectivity index (χ4v) is 3.13. The third kappa shape index (κ3) is 2.79. The molecule has 0 saturated heterocycles. The predicted molar refractivity (Wildman–Crippen MR) is 90.9 cm³/mol. The van der Waals surface area contributed by atoms with Crippen LogP contribution in [0.15, 0.2) is 48.0 Å². The first-order chi connectivity index (χ1) is 11.8. The van der Waals surface area contributed by atoms with Crippen molar-refractivity contribution < 1.29 is 4.79 Å². The number of hydrogen-bond acceptors (Lipinski definition) is 5. The number of carbonyl (C=O) groups is 1. The van der Waals surface area contributed by atoms with Gasteiger partial charge < -0.3 is 5.32 Å². The number of amides is 1. The van der Waals surface area contributed by atoms with Crippen molar-refractivity contribution in [2.24, 2.45) is 0 Å². The molecule has 7 nitrogen and oxygen atoms in total. The molecule has 0 aliphatic carbocycles. The van der Waals surface area contributed by atoms with Crippen molar-refractivity contribution in [3.63, 3.8) is 0 Å². The topological polar surface area (TPSA) is 88.0 Å². The molecule has 0 atom stereocenters. The van der Waals surface area contributed by atoms with E-state index in [1.54, 1.807) is 17.4 Å². The standard InChI is InChI=1S/C16H14N6OS/c23-16(12-10-11(18-19-12)13-4-3-9-24-13)17-7-6-15-21-20-14-5-1-2-8-22(14)15/h1-5,8-10H,6-7H2,(H,17,23)(H,18,19). The maximum atomic E-state index is 12.2. The summed E-state index contributed by atoms with van der Waals surface area (Å²) in [5, 5.41) is 20.0. The molecule has 0 saturated carbocycles. The molecule has 0 radical (unpaired) electrons. The SMILES string of the molecule is O=C(NCCc1nnc2ccccn12)c1cc(-c2cccs2)[nH]n1. The molecular weight excluding hydrogens is 324 g/mol. The normalized spacial score (nSPS) is 11.0. The molecule has 0 unspecified atom stereocenters. The van der Waals surface area contributed by atoms with E-state index in [4.69, 9.17) is 0 Å².